The van der Waals surface area contributed by atoms with E-state index in [2.05, 4.69) is 55.5 Å². The van der Waals surface area contributed by atoms with Crippen LogP contribution in [0.2, 0.25) is 0 Å². The molecule has 0 saturated carbocycles. The lowest BCUT2D eigenvalue weighted by Crippen LogP contribution is -2.43. The minimum Gasteiger partial charge on any atom is -0.410 e. The summed E-state index contributed by atoms with van der Waals surface area (Å²) in [6.45, 7) is 2.89. The van der Waals surface area contributed by atoms with Crippen LogP contribution < -0.4 is 4.74 Å². The van der Waals surface area contributed by atoms with Crippen LogP contribution in [-0.4, -0.2) is 23.6 Å². The van der Waals surface area contributed by atoms with Crippen LogP contribution >= 0.6 is 0 Å². The number of benzene rings is 4. The molecule has 1 unspecified atom stereocenters. The summed E-state index contributed by atoms with van der Waals surface area (Å²) in [5, 5.41) is 7.03. The molecule has 1 saturated heterocycles. The number of carbonyl (C=O) groups excluding carboxylic acids is 1. The van der Waals surface area contributed by atoms with Gasteiger partial charge < -0.3 is 9.64 Å². The maximum absolute atomic E-state index is 12.7. The molecule has 26 heavy (non-hydrogen) atoms. The Bertz CT molecular complexity index is 1100. The average Bonchev–Trinajstić information content (AvgIpc) is 2.67. The molecule has 4 aromatic carbocycles. The van der Waals surface area contributed by atoms with Crippen LogP contribution in [0.15, 0.2) is 54.6 Å². The van der Waals surface area contributed by atoms with Crippen LogP contribution in [-0.2, 0) is 0 Å². The molecular formula is C23H21NO2. The zero-order valence-corrected chi connectivity index (χ0v) is 14.9. The van der Waals surface area contributed by atoms with E-state index >= 15 is 0 Å². The van der Waals surface area contributed by atoms with Gasteiger partial charge in [0.25, 0.3) is 0 Å². The Morgan fingerprint density at radius 1 is 0.923 bits per heavy atom. The molecule has 0 N–H and O–H groups in total. The van der Waals surface area contributed by atoms with E-state index in [4.69, 9.17) is 4.74 Å². The van der Waals surface area contributed by atoms with Gasteiger partial charge in [-0.1, -0.05) is 42.5 Å². The number of amides is 1. The number of rotatable bonds is 1. The quantitative estimate of drug-likeness (QED) is 0.399. The van der Waals surface area contributed by atoms with Gasteiger partial charge in [-0.2, -0.15) is 0 Å². The summed E-state index contributed by atoms with van der Waals surface area (Å²) in [7, 11) is 0. The fourth-order valence-electron chi connectivity index (χ4n) is 4.32. The summed E-state index contributed by atoms with van der Waals surface area (Å²) in [6, 6.07) is 19.1. The fourth-order valence-corrected chi connectivity index (χ4v) is 4.32. The SMILES string of the molecule is CC1CCCCN1C(=O)Oc1ccc2ccc3cccc4ccc1c2c34. The highest BCUT2D eigenvalue weighted by molar-refractivity contribution is 6.24. The van der Waals surface area contributed by atoms with E-state index in [1.165, 1.54) is 33.4 Å². The largest absolute Gasteiger partial charge is 0.415 e. The molecule has 1 amide bonds. The standard InChI is InChI=1S/C23H21NO2/c1-15-5-2-3-14-24(15)23(25)26-20-13-11-18-9-8-16-6-4-7-17-10-12-19(20)22(18)21(16)17/h4,6-13,15H,2-3,5,14H2,1H3. The molecule has 0 aromatic heterocycles. The van der Waals surface area contributed by atoms with Gasteiger partial charge in [-0.25, -0.2) is 4.79 Å². The van der Waals surface area contributed by atoms with Crippen molar-refractivity contribution in [2.45, 2.75) is 32.2 Å². The van der Waals surface area contributed by atoms with E-state index in [0.717, 1.165) is 24.8 Å². The minimum atomic E-state index is -0.229. The third-order valence-corrected chi connectivity index (χ3v) is 5.72. The second kappa shape index (κ2) is 5.87. The first-order valence-electron chi connectivity index (χ1n) is 9.37. The molecule has 1 heterocycles. The van der Waals surface area contributed by atoms with Crippen LogP contribution in [0.1, 0.15) is 26.2 Å². The van der Waals surface area contributed by atoms with Gasteiger partial charge in [0.15, 0.2) is 0 Å². The Morgan fingerprint density at radius 2 is 1.62 bits per heavy atom. The topological polar surface area (TPSA) is 29.5 Å². The summed E-state index contributed by atoms with van der Waals surface area (Å²) < 4.78 is 5.87. The summed E-state index contributed by atoms with van der Waals surface area (Å²) in [6.07, 6.45) is 3.06. The Hall–Kier alpha value is -2.81. The van der Waals surface area contributed by atoms with E-state index in [9.17, 15) is 4.79 Å². The van der Waals surface area contributed by atoms with Crippen molar-refractivity contribution < 1.29 is 9.53 Å². The van der Waals surface area contributed by atoms with Crippen LogP contribution in [0.4, 0.5) is 4.79 Å². The van der Waals surface area contributed by atoms with Crippen molar-refractivity contribution in [2.75, 3.05) is 6.54 Å². The summed E-state index contributed by atoms with van der Waals surface area (Å²) in [5.41, 5.74) is 0. The number of nitrogens with zero attached hydrogens (tertiary/aromatic N) is 1. The molecule has 1 atom stereocenters. The predicted molar refractivity (Wildman–Crippen MR) is 106 cm³/mol. The number of carbonyl (C=O) groups is 1. The average molecular weight is 343 g/mol. The van der Waals surface area contributed by atoms with Gasteiger partial charge in [-0.15, -0.1) is 0 Å². The maximum atomic E-state index is 12.7. The Balaban J connectivity index is 1.63. The van der Waals surface area contributed by atoms with Gasteiger partial charge in [0, 0.05) is 23.4 Å². The van der Waals surface area contributed by atoms with Gasteiger partial charge in [0.1, 0.15) is 5.75 Å². The minimum absolute atomic E-state index is 0.229. The van der Waals surface area contributed by atoms with Gasteiger partial charge in [-0.3, -0.25) is 0 Å². The molecule has 1 aliphatic heterocycles. The lowest BCUT2D eigenvalue weighted by molar-refractivity contribution is 0.119. The molecule has 0 radical (unpaired) electrons. The summed E-state index contributed by atoms with van der Waals surface area (Å²) >= 11 is 0. The van der Waals surface area contributed by atoms with Crippen molar-refractivity contribution in [1.29, 1.82) is 0 Å². The zero-order chi connectivity index (χ0) is 17.7. The van der Waals surface area contributed by atoms with Crippen molar-refractivity contribution in [2.24, 2.45) is 0 Å². The Labute approximate surface area is 152 Å². The molecule has 3 heteroatoms. The first kappa shape index (κ1) is 15.4. The summed E-state index contributed by atoms with van der Waals surface area (Å²) in [4.78, 5) is 14.6. The Kier molecular flexibility index (Phi) is 3.49. The van der Waals surface area contributed by atoms with Gasteiger partial charge in [0.05, 0.1) is 0 Å². The van der Waals surface area contributed by atoms with Crippen LogP contribution in [0, 0.1) is 0 Å². The number of likely N-dealkylation sites (tertiary alicyclic amines) is 1. The monoisotopic (exact) mass is 343 g/mol. The van der Waals surface area contributed by atoms with E-state index < -0.39 is 0 Å². The highest BCUT2D eigenvalue weighted by atomic mass is 16.6. The number of hydrogen-bond acceptors (Lipinski definition) is 2. The molecular weight excluding hydrogens is 322 g/mol. The zero-order valence-electron chi connectivity index (χ0n) is 14.9. The van der Waals surface area contributed by atoms with Crippen LogP contribution in [0.5, 0.6) is 5.75 Å². The Morgan fingerprint density at radius 3 is 2.38 bits per heavy atom. The highest BCUT2D eigenvalue weighted by Crippen LogP contribution is 2.38. The van der Waals surface area contributed by atoms with Gasteiger partial charge >= 0.3 is 6.09 Å². The predicted octanol–water partition coefficient (Wildman–Crippen LogP) is 5.96. The third-order valence-electron chi connectivity index (χ3n) is 5.72. The highest BCUT2D eigenvalue weighted by Gasteiger charge is 2.25. The molecule has 0 aliphatic carbocycles. The number of hydrogen-bond donors (Lipinski definition) is 0. The number of ether oxygens (including phenoxy) is 1. The van der Waals surface area contributed by atoms with Crippen molar-refractivity contribution in [3.8, 4) is 5.75 Å². The van der Waals surface area contributed by atoms with Gasteiger partial charge in [0.2, 0.25) is 0 Å². The van der Waals surface area contributed by atoms with Gasteiger partial charge in [-0.05, 0) is 59.9 Å². The van der Waals surface area contributed by atoms with Crippen molar-refractivity contribution >= 4 is 38.4 Å². The van der Waals surface area contributed by atoms with E-state index in [1.54, 1.807) is 0 Å². The van der Waals surface area contributed by atoms with Crippen LogP contribution in [0.3, 0.4) is 0 Å². The van der Waals surface area contributed by atoms with Crippen LogP contribution in [0.25, 0.3) is 32.3 Å². The lowest BCUT2D eigenvalue weighted by atomic mass is 9.94. The van der Waals surface area contributed by atoms with Crippen molar-refractivity contribution in [1.82, 2.24) is 4.90 Å². The maximum Gasteiger partial charge on any atom is 0.415 e. The molecule has 130 valence electrons. The molecule has 3 nitrogen and oxygen atoms in total. The molecule has 1 aliphatic rings. The molecule has 0 spiro atoms. The molecule has 0 bridgehead atoms. The fraction of sp³-hybridized carbons (Fsp3) is 0.261. The van der Waals surface area contributed by atoms with Crippen molar-refractivity contribution in [3.63, 3.8) is 0 Å². The lowest BCUT2D eigenvalue weighted by Gasteiger charge is -2.32. The normalized spacial score (nSPS) is 18.0. The third kappa shape index (κ3) is 2.31. The van der Waals surface area contributed by atoms with E-state index in [-0.39, 0.29) is 12.1 Å². The molecule has 4 aromatic rings. The first-order chi connectivity index (χ1) is 12.7. The second-order valence-corrected chi connectivity index (χ2v) is 7.33. The first-order valence-corrected chi connectivity index (χ1v) is 9.37. The second-order valence-electron chi connectivity index (χ2n) is 7.33. The van der Waals surface area contributed by atoms with E-state index in [1.807, 2.05) is 11.0 Å². The van der Waals surface area contributed by atoms with E-state index in [0.29, 0.717) is 5.75 Å². The molecule has 5 rings (SSSR count). The number of piperidine rings is 1. The van der Waals surface area contributed by atoms with Crippen molar-refractivity contribution in [3.05, 3.63) is 54.6 Å². The molecule has 1 fully saturated rings. The smallest absolute Gasteiger partial charge is 0.410 e. The summed E-state index contributed by atoms with van der Waals surface area (Å²) in [5.74, 6) is 0.651.